The Hall–Kier alpha value is -5.30. The maximum Gasteiger partial charge on any atom is 0.338 e. The Morgan fingerprint density at radius 3 is 2.53 bits per heavy atom. The fraction of sp³-hybridized carbons (Fsp3) is 0.111. The van der Waals surface area contributed by atoms with Gasteiger partial charge in [0, 0.05) is 39.6 Å². The molecule has 6 aromatic rings. The minimum Gasteiger partial charge on any atom is -0.463 e. The van der Waals surface area contributed by atoms with Gasteiger partial charge in [-0.1, -0.05) is 78.1 Å². The van der Waals surface area contributed by atoms with Crippen LogP contribution in [-0.2, 0) is 16.1 Å². The number of carbonyl (C=O) groups is 1. The molecule has 4 heterocycles. The van der Waals surface area contributed by atoms with Crippen LogP contribution in [0.5, 0.6) is 0 Å². The van der Waals surface area contributed by atoms with Gasteiger partial charge in [0.25, 0.3) is 5.56 Å². The first kappa shape index (κ1) is 28.5. The first-order chi connectivity index (χ1) is 22.1. The van der Waals surface area contributed by atoms with E-state index in [1.807, 2.05) is 96.4 Å². The van der Waals surface area contributed by atoms with E-state index in [-0.39, 0.29) is 12.2 Å². The summed E-state index contributed by atoms with van der Waals surface area (Å²) in [4.78, 5) is 34.2. The normalized spacial score (nSPS) is 14.7. The van der Waals surface area contributed by atoms with Crippen molar-refractivity contribution in [1.29, 1.82) is 5.26 Å². The highest BCUT2D eigenvalue weighted by atomic mass is 32.1. The van der Waals surface area contributed by atoms with Gasteiger partial charge in [-0.25, -0.2) is 9.79 Å². The lowest BCUT2D eigenvalue weighted by molar-refractivity contribution is -0.138. The zero-order valence-electron chi connectivity index (χ0n) is 24.2. The Morgan fingerprint density at radius 1 is 1.02 bits per heavy atom. The zero-order valence-corrected chi connectivity index (χ0v) is 25.8. The fourth-order valence-electron chi connectivity index (χ4n) is 5.70. The van der Waals surface area contributed by atoms with Gasteiger partial charge in [-0.05, 0) is 48.2 Å². The van der Waals surface area contributed by atoms with Crippen LogP contribution >= 0.6 is 22.7 Å². The molecule has 0 saturated heterocycles. The molecule has 3 aromatic heterocycles. The Labute approximate surface area is 266 Å². The van der Waals surface area contributed by atoms with Gasteiger partial charge in [0.2, 0.25) is 0 Å². The second-order valence-corrected chi connectivity index (χ2v) is 12.5. The van der Waals surface area contributed by atoms with Gasteiger partial charge in [0.15, 0.2) is 4.80 Å². The van der Waals surface area contributed by atoms with Gasteiger partial charge in [0.1, 0.15) is 6.04 Å². The van der Waals surface area contributed by atoms with Gasteiger partial charge in [0.05, 0.1) is 34.0 Å². The summed E-state index contributed by atoms with van der Waals surface area (Å²) in [5, 5.41) is 12.1. The van der Waals surface area contributed by atoms with Crippen LogP contribution in [-0.4, -0.2) is 21.7 Å². The molecule has 1 aliphatic heterocycles. The summed E-state index contributed by atoms with van der Waals surface area (Å²) in [6.07, 6.45) is 3.97. The third kappa shape index (κ3) is 5.24. The average molecular weight is 627 g/mol. The molecule has 45 heavy (non-hydrogen) atoms. The number of nitriles is 1. The maximum absolute atomic E-state index is 14.3. The molecule has 7 rings (SSSR count). The molecule has 1 atom stereocenters. The second kappa shape index (κ2) is 12.0. The van der Waals surface area contributed by atoms with Gasteiger partial charge < -0.3 is 9.30 Å². The smallest absolute Gasteiger partial charge is 0.338 e. The van der Waals surface area contributed by atoms with Crippen LogP contribution in [0.2, 0.25) is 0 Å². The Morgan fingerprint density at radius 2 is 1.80 bits per heavy atom. The number of benzene rings is 3. The molecule has 1 aliphatic rings. The standard InChI is InChI=1S/C36H26N4O3S2/c1-2-43-35(42)31-32(25-9-4-3-5-10-25)38-36-40(33(31)29-13-8-18-44-29)34(41)30(45-36)19-26-22-39(28-12-7-6-11-27(26)28)21-24-16-14-23(20-37)15-17-24/h3-19,22,33H,2,21H2,1H3/b30-19-/t33-/m0/s1. The van der Waals surface area contributed by atoms with E-state index in [0.29, 0.717) is 32.7 Å². The molecule has 0 saturated carbocycles. The molecule has 220 valence electrons. The SMILES string of the molecule is CCOC(=O)C1=C(c2ccccc2)N=c2s/c(=C\c3cn(Cc4ccc(C#N)cc4)c4ccccc34)c(=O)n2[C@H]1c1cccs1. The van der Waals surface area contributed by atoms with E-state index in [9.17, 15) is 14.9 Å². The number of fused-ring (bicyclic) bond motifs is 2. The Bertz CT molecular complexity index is 2300. The van der Waals surface area contributed by atoms with Crippen LogP contribution in [0.4, 0.5) is 0 Å². The van der Waals surface area contributed by atoms with E-state index in [1.54, 1.807) is 11.5 Å². The van der Waals surface area contributed by atoms with Gasteiger partial charge in [-0.2, -0.15) is 5.26 Å². The van der Waals surface area contributed by atoms with E-state index < -0.39 is 12.0 Å². The highest BCUT2D eigenvalue weighted by Crippen LogP contribution is 2.37. The third-order valence-electron chi connectivity index (χ3n) is 7.73. The molecule has 0 unspecified atom stereocenters. The molecule has 0 radical (unpaired) electrons. The number of thiazole rings is 1. The molecule has 7 nitrogen and oxygen atoms in total. The molecule has 3 aromatic carbocycles. The molecule has 0 N–H and O–H groups in total. The number of aromatic nitrogens is 2. The number of carbonyl (C=O) groups excluding carboxylic acids is 1. The van der Waals surface area contributed by atoms with Crippen molar-refractivity contribution in [1.82, 2.24) is 9.13 Å². The number of nitrogens with zero attached hydrogens (tertiary/aromatic N) is 4. The lowest BCUT2D eigenvalue weighted by Gasteiger charge is -2.24. The topological polar surface area (TPSA) is 89.4 Å². The molecule has 9 heteroatoms. The van der Waals surface area contributed by atoms with Crippen LogP contribution < -0.4 is 14.9 Å². The zero-order chi connectivity index (χ0) is 30.9. The van der Waals surface area contributed by atoms with Crippen molar-refractivity contribution in [3.8, 4) is 6.07 Å². The Balaban J connectivity index is 1.41. The third-order valence-corrected chi connectivity index (χ3v) is 9.64. The molecule has 0 fully saturated rings. The molecule has 0 aliphatic carbocycles. The summed E-state index contributed by atoms with van der Waals surface area (Å²) in [6.45, 7) is 2.59. The van der Waals surface area contributed by atoms with Crippen molar-refractivity contribution >= 4 is 51.3 Å². The van der Waals surface area contributed by atoms with Crippen LogP contribution in [0, 0.1) is 11.3 Å². The first-order valence-electron chi connectivity index (χ1n) is 14.4. The molecule has 0 amide bonds. The summed E-state index contributed by atoms with van der Waals surface area (Å²) in [6, 6.07) is 30.6. The van der Waals surface area contributed by atoms with Crippen molar-refractivity contribution < 1.29 is 9.53 Å². The number of hydrogen-bond acceptors (Lipinski definition) is 7. The largest absolute Gasteiger partial charge is 0.463 e. The predicted octanol–water partition coefficient (Wildman–Crippen LogP) is 5.87. The number of esters is 1. The summed E-state index contributed by atoms with van der Waals surface area (Å²) in [5.41, 5.74) is 5.06. The van der Waals surface area contributed by atoms with E-state index in [2.05, 4.69) is 22.9 Å². The van der Waals surface area contributed by atoms with Crippen molar-refractivity contribution in [3.63, 3.8) is 0 Å². The molecular formula is C36H26N4O3S2. The molecule has 0 bridgehead atoms. The Kier molecular flexibility index (Phi) is 7.59. The lowest BCUT2D eigenvalue weighted by Crippen LogP contribution is -2.39. The van der Waals surface area contributed by atoms with Crippen LogP contribution in [0.25, 0.3) is 22.7 Å². The molecule has 0 spiro atoms. The predicted molar refractivity (Wildman–Crippen MR) is 178 cm³/mol. The van der Waals surface area contributed by atoms with Gasteiger partial charge in [-0.3, -0.25) is 9.36 Å². The number of hydrogen-bond donors (Lipinski definition) is 0. The minimum absolute atomic E-state index is 0.207. The lowest BCUT2D eigenvalue weighted by atomic mass is 9.97. The van der Waals surface area contributed by atoms with Gasteiger partial charge in [-0.15, -0.1) is 11.3 Å². The average Bonchev–Trinajstić information content (AvgIpc) is 3.80. The highest BCUT2D eigenvalue weighted by Gasteiger charge is 2.35. The monoisotopic (exact) mass is 626 g/mol. The number of thiophene rings is 1. The van der Waals surface area contributed by atoms with Crippen LogP contribution in [0.3, 0.4) is 0 Å². The van der Waals surface area contributed by atoms with E-state index >= 15 is 0 Å². The second-order valence-electron chi connectivity index (χ2n) is 10.5. The van der Waals surface area contributed by atoms with Crippen LogP contribution in [0.15, 0.2) is 118 Å². The fourth-order valence-corrected chi connectivity index (χ4v) is 7.52. The van der Waals surface area contributed by atoms with Crippen LogP contribution in [0.1, 0.15) is 40.1 Å². The van der Waals surface area contributed by atoms with Gasteiger partial charge >= 0.3 is 5.97 Å². The number of ether oxygens (including phenoxy) is 1. The van der Waals surface area contributed by atoms with Crippen molar-refractivity contribution in [2.75, 3.05) is 6.61 Å². The highest BCUT2D eigenvalue weighted by molar-refractivity contribution is 7.10. The summed E-state index contributed by atoms with van der Waals surface area (Å²) >= 11 is 2.81. The quantitative estimate of drug-likeness (QED) is 0.207. The van der Waals surface area contributed by atoms with Crippen molar-refractivity contribution in [3.05, 3.63) is 155 Å². The summed E-state index contributed by atoms with van der Waals surface area (Å²) in [7, 11) is 0. The summed E-state index contributed by atoms with van der Waals surface area (Å²) < 4.78 is 9.85. The van der Waals surface area contributed by atoms with Crippen molar-refractivity contribution in [2.45, 2.75) is 19.5 Å². The number of para-hydroxylation sites is 1. The van der Waals surface area contributed by atoms with E-state index in [1.165, 1.54) is 22.7 Å². The van der Waals surface area contributed by atoms with E-state index in [0.717, 1.165) is 32.5 Å². The van der Waals surface area contributed by atoms with Crippen molar-refractivity contribution in [2.24, 2.45) is 4.99 Å². The molecular weight excluding hydrogens is 601 g/mol. The first-order valence-corrected chi connectivity index (χ1v) is 16.1. The maximum atomic E-state index is 14.3. The summed E-state index contributed by atoms with van der Waals surface area (Å²) in [5.74, 6) is -0.487. The minimum atomic E-state index is -0.671. The number of rotatable bonds is 7. The van der Waals surface area contributed by atoms with E-state index in [4.69, 9.17) is 9.73 Å².